The molecule has 2 saturated carbocycles. The summed E-state index contributed by atoms with van der Waals surface area (Å²) in [6, 6.07) is 8.62. The third kappa shape index (κ3) is 8.71. The van der Waals surface area contributed by atoms with Crippen molar-refractivity contribution in [3.05, 3.63) is 41.5 Å². The minimum atomic E-state index is -0.564. The topological polar surface area (TPSA) is 52.6 Å². The lowest BCUT2D eigenvalue weighted by molar-refractivity contribution is -0.167. The second-order valence-electron chi connectivity index (χ2n) is 14.3. The molecular formula is C34H52O4. The normalized spacial score (nSPS) is 23.1. The minimum absolute atomic E-state index is 0.0239. The number of hydrogen-bond donors (Lipinski definition) is 0. The molecule has 0 bridgehead atoms. The van der Waals surface area contributed by atoms with Gasteiger partial charge in [-0.1, -0.05) is 85.1 Å². The highest BCUT2D eigenvalue weighted by Crippen LogP contribution is 2.47. The van der Waals surface area contributed by atoms with E-state index in [0.29, 0.717) is 12.5 Å². The zero-order chi connectivity index (χ0) is 28.0. The number of esters is 2. The molecule has 2 aliphatic rings. The van der Waals surface area contributed by atoms with Crippen LogP contribution in [0.2, 0.25) is 0 Å². The summed E-state index contributed by atoms with van der Waals surface area (Å²) in [4.78, 5) is 25.9. The first-order valence-electron chi connectivity index (χ1n) is 14.9. The van der Waals surface area contributed by atoms with E-state index < -0.39 is 5.41 Å². The average Bonchev–Trinajstić information content (AvgIpc) is 2.85. The molecule has 212 valence electrons. The van der Waals surface area contributed by atoms with Crippen LogP contribution in [-0.2, 0) is 19.1 Å². The van der Waals surface area contributed by atoms with Gasteiger partial charge in [0.05, 0.1) is 12.0 Å². The molecule has 3 rings (SSSR count). The lowest BCUT2D eigenvalue weighted by atomic mass is 9.61. The Morgan fingerprint density at radius 2 is 1.53 bits per heavy atom. The van der Waals surface area contributed by atoms with Gasteiger partial charge in [0.15, 0.2) is 0 Å². The van der Waals surface area contributed by atoms with Gasteiger partial charge in [-0.05, 0) is 91.7 Å². The number of benzene rings is 1. The largest absolute Gasteiger partial charge is 0.465 e. The van der Waals surface area contributed by atoms with Crippen molar-refractivity contribution in [3.8, 4) is 0 Å². The smallest absolute Gasteiger partial charge is 0.331 e. The lowest BCUT2D eigenvalue weighted by Crippen LogP contribution is -2.45. The van der Waals surface area contributed by atoms with Crippen molar-refractivity contribution in [2.24, 2.45) is 22.2 Å². The number of ether oxygens (including phenoxy) is 2. The number of carbonyl (C=O) groups excluding carboxylic acids is 2. The Kier molecular flexibility index (Phi) is 10.3. The van der Waals surface area contributed by atoms with Gasteiger partial charge in [0, 0.05) is 6.08 Å². The molecule has 0 heterocycles. The van der Waals surface area contributed by atoms with Gasteiger partial charge in [0.25, 0.3) is 0 Å². The van der Waals surface area contributed by atoms with Crippen LogP contribution in [0.5, 0.6) is 0 Å². The molecule has 3 atom stereocenters. The van der Waals surface area contributed by atoms with Crippen LogP contribution in [0, 0.1) is 22.2 Å². The molecule has 0 aliphatic heterocycles. The Morgan fingerprint density at radius 1 is 0.868 bits per heavy atom. The van der Waals surface area contributed by atoms with Crippen LogP contribution in [0.15, 0.2) is 30.3 Å². The van der Waals surface area contributed by atoms with Crippen LogP contribution < -0.4 is 0 Å². The fourth-order valence-corrected chi connectivity index (χ4v) is 6.24. The zero-order valence-corrected chi connectivity index (χ0v) is 25.1. The van der Waals surface area contributed by atoms with E-state index in [4.69, 9.17) is 9.47 Å². The third-order valence-corrected chi connectivity index (χ3v) is 8.88. The van der Waals surface area contributed by atoms with Crippen molar-refractivity contribution in [1.82, 2.24) is 0 Å². The highest BCUT2D eigenvalue weighted by molar-refractivity contribution is 5.87. The van der Waals surface area contributed by atoms with E-state index in [1.54, 1.807) is 6.08 Å². The summed E-state index contributed by atoms with van der Waals surface area (Å²) in [5.74, 6) is 0.498. The summed E-state index contributed by atoms with van der Waals surface area (Å²) in [6.07, 6.45) is 14.2. The third-order valence-electron chi connectivity index (χ3n) is 8.88. The van der Waals surface area contributed by atoms with Gasteiger partial charge in [-0.25, -0.2) is 4.79 Å². The van der Waals surface area contributed by atoms with Gasteiger partial charge >= 0.3 is 11.9 Å². The Bertz CT molecular complexity index is 940. The molecule has 0 aromatic heterocycles. The summed E-state index contributed by atoms with van der Waals surface area (Å²) < 4.78 is 11.7. The molecule has 0 N–H and O–H groups in total. The van der Waals surface area contributed by atoms with E-state index in [2.05, 4.69) is 65.8 Å². The fourth-order valence-electron chi connectivity index (χ4n) is 6.24. The van der Waals surface area contributed by atoms with E-state index in [1.165, 1.54) is 37.7 Å². The molecule has 3 unspecified atom stereocenters. The predicted octanol–water partition coefficient (Wildman–Crippen LogP) is 8.88. The molecule has 1 aromatic rings. The van der Waals surface area contributed by atoms with Crippen molar-refractivity contribution in [1.29, 1.82) is 0 Å². The van der Waals surface area contributed by atoms with E-state index in [9.17, 15) is 9.59 Å². The minimum Gasteiger partial charge on any atom is -0.465 e. The fraction of sp³-hybridized carbons (Fsp3) is 0.706. The second-order valence-corrected chi connectivity index (χ2v) is 14.3. The quantitative estimate of drug-likeness (QED) is 0.252. The molecule has 0 spiro atoms. The van der Waals surface area contributed by atoms with E-state index in [1.807, 2.05) is 13.0 Å². The molecule has 0 amide bonds. The van der Waals surface area contributed by atoms with Crippen LogP contribution in [0.1, 0.15) is 130 Å². The molecule has 4 nitrogen and oxygen atoms in total. The van der Waals surface area contributed by atoms with Gasteiger partial charge in [-0.15, -0.1) is 0 Å². The van der Waals surface area contributed by atoms with Crippen LogP contribution in [0.3, 0.4) is 0 Å². The molecule has 0 radical (unpaired) electrons. The van der Waals surface area contributed by atoms with Crippen LogP contribution in [0.4, 0.5) is 0 Å². The monoisotopic (exact) mass is 524 g/mol. The maximum Gasteiger partial charge on any atom is 0.331 e. The van der Waals surface area contributed by atoms with E-state index >= 15 is 0 Å². The molecule has 2 aliphatic carbocycles. The summed E-state index contributed by atoms with van der Waals surface area (Å²) in [6.45, 7) is 15.3. The van der Waals surface area contributed by atoms with Crippen LogP contribution in [-0.4, -0.2) is 24.6 Å². The van der Waals surface area contributed by atoms with Crippen molar-refractivity contribution < 1.29 is 19.1 Å². The number of carbonyl (C=O) groups is 2. The molecule has 2 fully saturated rings. The first-order chi connectivity index (χ1) is 17.8. The number of rotatable bonds is 8. The molecular weight excluding hydrogens is 472 g/mol. The Balaban J connectivity index is 1.48. The lowest BCUT2D eigenvalue weighted by Gasteiger charge is -2.43. The summed E-state index contributed by atoms with van der Waals surface area (Å²) >= 11 is 0. The van der Waals surface area contributed by atoms with Gasteiger partial charge in [0.2, 0.25) is 0 Å². The molecule has 0 saturated heterocycles. The summed E-state index contributed by atoms with van der Waals surface area (Å²) in [5, 5.41) is 0. The maximum absolute atomic E-state index is 13.3. The average molecular weight is 525 g/mol. The SMILES string of the molecule is CC(C)(C)CC(C)(C(=O)OCC1CCCC(OC(=O)/C=C/c2ccc(C3CCCCC3)cc2)C1)C(C)(C)C. The Morgan fingerprint density at radius 3 is 2.13 bits per heavy atom. The highest BCUT2D eigenvalue weighted by Gasteiger charge is 2.48. The van der Waals surface area contributed by atoms with Crippen LogP contribution in [0.25, 0.3) is 6.08 Å². The molecule has 1 aromatic carbocycles. The van der Waals surface area contributed by atoms with Gasteiger partial charge in [0.1, 0.15) is 6.10 Å². The molecule has 38 heavy (non-hydrogen) atoms. The Labute approximate surface area is 231 Å². The van der Waals surface area contributed by atoms with Gasteiger partial charge < -0.3 is 9.47 Å². The maximum atomic E-state index is 13.3. The predicted molar refractivity (Wildman–Crippen MR) is 156 cm³/mol. The summed E-state index contributed by atoms with van der Waals surface area (Å²) in [7, 11) is 0. The Hall–Kier alpha value is -2.10. The van der Waals surface area contributed by atoms with Crippen molar-refractivity contribution in [3.63, 3.8) is 0 Å². The summed E-state index contributed by atoms with van der Waals surface area (Å²) in [5.41, 5.74) is 1.69. The van der Waals surface area contributed by atoms with Crippen molar-refractivity contribution in [2.45, 2.75) is 125 Å². The van der Waals surface area contributed by atoms with Crippen LogP contribution >= 0.6 is 0 Å². The van der Waals surface area contributed by atoms with Crippen molar-refractivity contribution >= 4 is 18.0 Å². The molecule has 4 heteroatoms. The van der Waals surface area contributed by atoms with E-state index in [0.717, 1.165) is 37.7 Å². The standard InChI is InChI=1S/C34H52O4/c1-32(2,3)24-34(7,33(4,5)6)31(36)37-23-26-12-11-15-29(22-26)38-30(35)21-18-25-16-19-28(20-17-25)27-13-9-8-10-14-27/h16-21,26-27,29H,8-15,22-24H2,1-7H3/b21-18+. The first-order valence-corrected chi connectivity index (χ1v) is 14.9. The van der Waals surface area contributed by atoms with Crippen molar-refractivity contribution in [2.75, 3.05) is 6.61 Å². The van der Waals surface area contributed by atoms with Gasteiger partial charge in [-0.2, -0.15) is 0 Å². The van der Waals surface area contributed by atoms with Gasteiger partial charge in [-0.3, -0.25) is 4.79 Å². The highest BCUT2D eigenvalue weighted by atomic mass is 16.5. The zero-order valence-electron chi connectivity index (χ0n) is 25.1. The number of hydrogen-bond acceptors (Lipinski definition) is 4. The van der Waals surface area contributed by atoms with E-state index in [-0.39, 0.29) is 34.8 Å². The first kappa shape index (κ1) is 30.4. The second kappa shape index (κ2) is 12.8.